The average molecular weight is 390 g/mol. The Kier molecular flexibility index (Phi) is 5.81. The summed E-state index contributed by atoms with van der Waals surface area (Å²) in [5.41, 5.74) is 1.75. The van der Waals surface area contributed by atoms with E-state index in [-0.39, 0.29) is 18.1 Å². The first kappa shape index (κ1) is 18.3. The summed E-state index contributed by atoms with van der Waals surface area (Å²) in [5.74, 6) is -0.832. The molecule has 0 radical (unpaired) electrons. The van der Waals surface area contributed by atoms with Crippen molar-refractivity contribution in [1.82, 2.24) is 14.9 Å². The molecule has 26 heavy (non-hydrogen) atoms. The number of benzene rings is 1. The molecule has 0 atom stereocenters. The molecule has 3 aromatic rings. The van der Waals surface area contributed by atoms with Gasteiger partial charge in [0, 0.05) is 35.5 Å². The maximum absolute atomic E-state index is 13.1. The summed E-state index contributed by atoms with van der Waals surface area (Å²) in [4.78, 5) is 22.4. The first-order valence-electron chi connectivity index (χ1n) is 7.76. The zero-order valence-corrected chi connectivity index (χ0v) is 15.1. The third-order valence-electron chi connectivity index (χ3n) is 3.71. The zero-order chi connectivity index (χ0) is 18.5. The van der Waals surface area contributed by atoms with E-state index in [0.717, 1.165) is 17.3 Å². The number of amides is 1. The molecule has 4 nitrogen and oxygen atoms in total. The van der Waals surface area contributed by atoms with Crippen molar-refractivity contribution >= 4 is 29.1 Å². The maximum Gasteiger partial charge on any atom is 0.273 e. The number of halogens is 3. The fourth-order valence-electron chi connectivity index (χ4n) is 2.43. The summed E-state index contributed by atoms with van der Waals surface area (Å²) in [7, 11) is 0. The molecule has 2 heterocycles. The van der Waals surface area contributed by atoms with E-state index in [1.807, 2.05) is 6.07 Å². The van der Waals surface area contributed by atoms with Gasteiger partial charge in [0.05, 0.1) is 6.20 Å². The van der Waals surface area contributed by atoms with Crippen LogP contribution in [-0.4, -0.2) is 20.8 Å². The number of carbonyl (C=O) groups excluding carboxylic acids is 1. The highest BCUT2D eigenvalue weighted by Crippen LogP contribution is 2.23. The van der Waals surface area contributed by atoms with Gasteiger partial charge in [-0.3, -0.25) is 9.78 Å². The molecule has 0 unspecified atom stereocenters. The Balaban J connectivity index is 1.90. The average Bonchev–Trinajstić information content (AvgIpc) is 2.64. The Morgan fingerprint density at radius 3 is 2.58 bits per heavy atom. The SMILES string of the molecule is O=C(c1ccc(F)cn1)N(Cc1cccnc1)Cc1ccc(Cl)cc1Cl. The van der Waals surface area contributed by atoms with Crippen molar-refractivity contribution in [2.24, 2.45) is 0 Å². The molecule has 0 aliphatic heterocycles. The first-order chi connectivity index (χ1) is 12.5. The van der Waals surface area contributed by atoms with Crippen molar-refractivity contribution in [2.75, 3.05) is 0 Å². The smallest absolute Gasteiger partial charge is 0.273 e. The molecule has 0 saturated heterocycles. The molecule has 2 aromatic heterocycles. The monoisotopic (exact) mass is 389 g/mol. The molecule has 132 valence electrons. The van der Waals surface area contributed by atoms with Crippen molar-refractivity contribution in [2.45, 2.75) is 13.1 Å². The van der Waals surface area contributed by atoms with Gasteiger partial charge in [-0.2, -0.15) is 0 Å². The molecule has 0 N–H and O–H groups in total. The summed E-state index contributed by atoms with van der Waals surface area (Å²) in [6.07, 6.45) is 4.36. The van der Waals surface area contributed by atoms with Crippen LogP contribution in [0.5, 0.6) is 0 Å². The van der Waals surface area contributed by atoms with Gasteiger partial charge in [-0.25, -0.2) is 9.37 Å². The molecular formula is C19H14Cl2FN3O. The van der Waals surface area contributed by atoms with Gasteiger partial charge in [-0.15, -0.1) is 0 Å². The second kappa shape index (κ2) is 8.25. The van der Waals surface area contributed by atoms with Gasteiger partial charge in [0.1, 0.15) is 11.5 Å². The van der Waals surface area contributed by atoms with E-state index in [2.05, 4.69) is 9.97 Å². The fraction of sp³-hybridized carbons (Fsp3) is 0.105. The Bertz CT molecular complexity index is 904. The molecule has 1 amide bonds. The van der Waals surface area contributed by atoms with Crippen LogP contribution >= 0.6 is 23.2 Å². The summed E-state index contributed by atoms with van der Waals surface area (Å²) in [5, 5.41) is 0.984. The fourth-order valence-corrected chi connectivity index (χ4v) is 2.90. The van der Waals surface area contributed by atoms with Crippen LogP contribution in [0, 0.1) is 5.82 Å². The van der Waals surface area contributed by atoms with Crippen LogP contribution in [-0.2, 0) is 13.1 Å². The zero-order valence-electron chi connectivity index (χ0n) is 13.6. The van der Waals surface area contributed by atoms with Gasteiger partial charge < -0.3 is 4.90 Å². The van der Waals surface area contributed by atoms with E-state index >= 15 is 0 Å². The lowest BCUT2D eigenvalue weighted by Gasteiger charge is -2.23. The van der Waals surface area contributed by atoms with Crippen molar-refractivity contribution in [3.63, 3.8) is 0 Å². The third kappa shape index (κ3) is 4.56. The maximum atomic E-state index is 13.1. The lowest BCUT2D eigenvalue weighted by molar-refractivity contribution is 0.0724. The van der Waals surface area contributed by atoms with E-state index in [1.54, 1.807) is 41.6 Å². The molecule has 0 aliphatic carbocycles. The number of nitrogens with zero attached hydrogens (tertiary/aromatic N) is 3. The van der Waals surface area contributed by atoms with Crippen LogP contribution in [0.2, 0.25) is 10.0 Å². The standard InChI is InChI=1S/C19H14Cl2FN3O/c20-15-4-3-14(17(21)8-15)12-25(11-13-2-1-7-23-9-13)19(26)18-6-5-16(22)10-24-18/h1-10H,11-12H2. The van der Waals surface area contributed by atoms with Gasteiger partial charge in [0.15, 0.2) is 0 Å². The third-order valence-corrected chi connectivity index (χ3v) is 4.29. The van der Waals surface area contributed by atoms with Crippen LogP contribution in [0.4, 0.5) is 4.39 Å². The molecule has 3 rings (SSSR count). The van der Waals surface area contributed by atoms with E-state index in [0.29, 0.717) is 16.6 Å². The molecule has 0 bridgehead atoms. The highest BCUT2D eigenvalue weighted by atomic mass is 35.5. The van der Waals surface area contributed by atoms with E-state index < -0.39 is 5.82 Å². The highest BCUT2D eigenvalue weighted by molar-refractivity contribution is 6.35. The van der Waals surface area contributed by atoms with Gasteiger partial charge in [0.2, 0.25) is 0 Å². The molecular weight excluding hydrogens is 376 g/mol. The number of hydrogen-bond acceptors (Lipinski definition) is 3. The Morgan fingerprint density at radius 2 is 1.92 bits per heavy atom. The summed E-state index contributed by atoms with van der Waals surface area (Å²) in [6, 6.07) is 11.3. The topological polar surface area (TPSA) is 46.1 Å². The van der Waals surface area contributed by atoms with Gasteiger partial charge in [-0.1, -0.05) is 35.3 Å². The molecule has 0 fully saturated rings. The molecule has 1 aromatic carbocycles. The Labute approximate surface area is 160 Å². The molecule has 0 spiro atoms. The van der Waals surface area contributed by atoms with E-state index in [9.17, 15) is 9.18 Å². The van der Waals surface area contributed by atoms with E-state index in [1.165, 1.54) is 12.1 Å². The van der Waals surface area contributed by atoms with Crippen LogP contribution < -0.4 is 0 Å². The van der Waals surface area contributed by atoms with E-state index in [4.69, 9.17) is 23.2 Å². The number of carbonyl (C=O) groups is 1. The van der Waals surface area contributed by atoms with Crippen molar-refractivity contribution in [1.29, 1.82) is 0 Å². The van der Waals surface area contributed by atoms with Gasteiger partial charge >= 0.3 is 0 Å². The second-order valence-corrected chi connectivity index (χ2v) is 6.46. The largest absolute Gasteiger partial charge is 0.329 e. The van der Waals surface area contributed by atoms with Crippen LogP contribution in [0.3, 0.4) is 0 Å². The second-order valence-electron chi connectivity index (χ2n) is 5.62. The lowest BCUT2D eigenvalue weighted by atomic mass is 10.1. The minimum absolute atomic E-state index is 0.153. The summed E-state index contributed by atoms with van der Waals surface area (Å²) >= 11 is 12.2. The highest BCUT2D eigenvalue weighted by Gasteiger charge is 2.19. The van der Waals surface area contributed by atoms with Gasteiger partial charge in [0.25, 0.3) is 5.91 Å². The van der Waals surface area contributed by atoms with Crippen molar-refractivity contribution in [3.05, 3.63) is 93.7 Å². The lowest BCUT2D eigenvalue weighted by Crippen LogP contribution is -2.31. The number of pyridine rings is 2. The quantitative estimate of drug-likeness (QED) is 0.631. The number of hydrogen-bond donors (Lipinski definition) is 0. The number of rotatable bonds is 5. The van der Waals surface area contributed by atoms with Gasteiger partial charge in [-0.05, 0) is 41.5 Å². The summed E-state index contributed by atoms with van der Waals surface area (Å²) in [6.45, 7) is 0.563. The molecule has 0 aliphatic rings. The van der Waals surface area contributed by atoms with Crippen molar-refractivity contribution in [3.8, 4) is 0 Å². The minimum atomic E-state index is -0.499. The molecule has 7 heteroatoms. The number of aromatic nitrogens is 2. The van der Waals surface area contributed by atoms with Crippen molar-refractivity contribution < 1.29 is 9.18 Å². The summed E-state index contributed by atoms with van der Waals surface area (Å²) < 4.78 is 13.1. The Morgan fingerprint density at radius 1 is 1.08 bits per heavy atom. The van der Waals surface area contributed by atoms with Crippen LogP contribution in [0.15, 0.2) is 61.1 Å². The predicted molar refractivity (Wildman–Crippen MR) is 98.5 cm³/mol. The predicted octanol–water partition coefficient (Wildman–Crippen LogP) is 4.77. The minimum Gasteiger partial charge on any atom is -0.329 e. The van der Waals surface area contributed by atoms with Crippen LogP contribution in [0.25, 0.3) is 0 Å². The Hall–Kier alpha value is -2.50. The normalized spacial score (nSPS) is 10.6. The first-order valence-corrected chi connectivity index (χ1v) is 8.52. The molecule has 0 saturated carbocycles. The van der Waals surface area contributed by atoms with Crippen LogP contribution in [0.1, 0.15) is 21.6 Å².